The van der Waals surface area contributed by atoms with Gasteiger partial charge in [-0.05, 0) is 37.1 Å². The highest BCUT2D eigenvalue weighted by atomic mass is 16.5. The minimum Gasteiger partial charge on any atom is -0.493 e. The van der Waals surface area contributed by atoms with E-state index in [1.165, 1.54) is 0 Å². The molecular weight excluding hydrogens is 234 g/mol. The normalized spacial score (nSPS) is 12.6. The molecule has 0 radical (unpaired) electrons. The number of hydrogen-bond donors (Lipinski definition) is 2. The van der Waals surface area contributed by atoms with Crippen LogP contribution in [0.25, 0.3) is 11.0 Å². The Morgan fingerprint density at radius 2 is 2.22 bits per heavy atom. The zero-order valence-corrected chi connectivity index (χ0v) is 10.3. The predicted octanol–water partition coefficient (Wildman–Crippen LogP) is 1.70. The number of methoxy groups -OCH3 is 1. The number of carboxylic acids is 1. The fraction of sp³-hybridized carbons (Fsp3) is 0.308. The van der Waals surface area contributed by atoms with E-state index in [0.29, 0.717) is 11.3 Å². The van der Waals surface area contributed by atoms with E-state index in [9.17, 15) is 4.79 Å². The van der Waals surface area contributed by atoms with Crippen molar-refractivity contribution in [3.05, 3.63) is 29.5 Å². The van der Waals surface area contributed by atoms with E-state index in [1.807, 2.05) is 19.1 Å². The SMILES string of the molecule is COc1cc(CC(N)C(=O)O)cc2cc(C)oc12. The number of furan rings is 1. The summed E-state index contributed by atoms with van der Waals surface area (Å²) in [5, 5.41) is 9.70. The zero-order valence-electron chi connectivity index (χ0n) is 10.3. The summed E-state index contributed by atoms with van der Waals surface area (Å²) in [4.78, 5) is 10.8. The van der Waals surface area contributed by atoms with Crippen molar-refractivity contribution in [2.45, 2.75) is 19.4 Å². The minimum absolute atomic E-state index is 0.256. The van der Waals surface area contributed by atoms with Gasteiger partial charge in [-0.1, -0.05) is 0 Å². The van der Waals surface area contributed by atoms with Gasteiger partial charge in [-0.3, -0.25) is 4.79 Å². The molecule has 0 saturated carbocycles. The van der Waals surface area contributed by atoms with E-state index >= 15 is 0 Å². The van der Waals surface area contributed by atoms with Crippen LogP contribution >= 0.6 is 0 Å². The number of aryl methyl sites for hydroxylation is 1. The third-order valence-corrected chi connectivity index (χ3v) is 2.76. The number of carbonyl (C=O) groups is 1. The van der Waals surface area contributed by atoms with Crippen molar-refractivity contribution in [3.63, 3.8) is 0 Å². The van der Waals surface area contributed by atoms with Crippen molar-refractivity contribution in [1.29, 1.82) is 0 Å². The zero-order chi connectivity index (χ0) is 13.3. The van der Waals surface area contributed by atoms with E-state index in [4.69, 9.17) is 20.0 Å². The van der Waals surface area contributed by atoms with Crippen LogP contribution in [0.15, 0.2) is 22.6 Å². The van der Waals surface area contributed by atoms with E-state index < -0.39 is 12.0 Å². The molecule has 0 bridgehead atoms. The molecule has 5 heteroatoms. The van der Waals surface area contributed by atoms with Crippen LogP contribution in [0.4, 0.5) is 0 Å². The Bertz CT molecular complexity index is 588. The summed E-state index contributed by atoms with van der Waals surface area (Å²) in [5.74, 6) is 0.355. The number of hydrogen-bond acceptors (Lipinski definition) is 4. The van der Waals surface area contributed by atoms with Crippen LogP contribution in [0.2, 0.25) is 0 Å². The molecule has 1 aromatic carbocycles. The molecule has 1 unspecified atom stereocenters. The van der Waals surface area contributed by atoms with Crippen LogP contribution in [0, 0.1) is 6.92 Å². The number of nitrogens with two attached hydrogens (primary N) is 1. The fourth-order valence-electron chi connectivity index (χ4n) is 1.92. The van der Waals surface area contributed by atoms with Crippen molar-refractivity contribution in [2.24, 2.45) is 5.73 Å². The standard InChI is InChI=1S/C13H15NO4/c1-7-3-9-4-8(5-10(14)13(15)16)6-11(17-2)12(9)18-7/h3-4,6,10H,5,14H2,1-2H3,(H,15,16). The maximum atomic E-state index is 10.8. The number of carboxylic acid groups (broad SMARTS) is 1. The Hall–Kier alpha value is -2.01. The number of fused-ring (bicyclic) bond motifs is 1. The quantitative estimate of drug-likeness (QED) is 0.861. The first-order chi connectivity index (χ1) is 8.51. The van der Waals surface area contributed by atoms with Crippen LogP contribution in [-0.2, 0) is 11.2 Å². The van der Waals surface area contributed by atoms with Crippen LogP contribution in [0.5, 0.6) is 5.75 Å². The Labute approximate surface area is 104 Å². The molecule has 0 saturated heterocycles. The Balaban J connectivity index is 2.43. The molecule has 0 aliphatic heterocycles. The molecule has 96 valence electrons. The van der Waals surface area contributed by atoms with Crippen molar-refractivity contribution in [1.82, 2.24) is 0 Å². The first-order valence-electron chi connectivity index (χ1n) is 5.56. The van der Waals surface area contributed by atoms with Gasteiger partial charge >= 0.3 is 5.97 Å². The van der Waals surface area contributed by atoms with Gasteiger partial charge in [0.05, 0.1) is 7.11 Å². The average molecular weight is 249 g/mol. The molecule has 1 atom stereocenters. The highest BCUT2D eigenvalue weighted by Gasteiger charge is 2.15. The van der Waals surface area contributed by atoms with Crippen molar-refractivity contribution in [2.75, 3.05) is 7.11 Å². The molecule has 0 amide bonds. The molecule has 0 fully saturated rings. The monoisotopic (exact) mass is 249 g/mol. The van der Waals surface area contributed by atoms with Crippen molar-refractivity contribution >= 4 is 16.9 Å². The summed E-state index contributed by atoms with van der Waals surface area (Å²) in [6, 6.07) is 4.60. The highest BCUT2D eigenvalue weighted by Crippen LogP contribution is 2.30. The molecule has 5 nitrogen and oxygen atoms in total. The molecule has 0 spiro atoms. The van der Waals surface area contributed by atoms with E-state index in [0.717, 1.165) is 16.7 Å². The maximum Gasteiger partial charge on any atom is 0.320 e. The average Bonchev–Trinajstić information content (AvgIpc) is 2.68. The summed E-state index contributed by atoms with van der Waals surface area (Å²) in [6.07, 6.45) is 0.256. The van der Waals surface area contributed by atoms with Gasteiger partial charge < -0.3 is 20.0 Å². The lowest BCUT2D eigenvalue weighted by atomic mass is 10.0. The van der Waals surface area contributed by atoms with Gasteiger partial charge in [0.1, 0.15) is 11.8 Å². The number of benzene rings is 1. The lowest BCUT2D eigenvalue weighted by molar-refractivity contribution is -0.138. The molecule has 0 aliphatic carbocycles. The third-order valence-electron chi connectivity index (χ3n) is 2.76. The lowest BCUT2D eigenvalue weighted by Crippen LogP contribution is -2.32. The summed E-state index contributed by atoms with van der Waals surface area (Å²) in [6.45, 7) is 1.85. The number of ether oxygens (including phenoxy) is 1. The van der Waals surface area contributed by atoms with Crippen molar-refractivity contribution in [3.8, 4) is 5.75 Å². The number of rotatable bonds is 4. The summed E-state index contributed by atoms with van der Waals surface area (Å²) < 4.78 is 10.8. The molecule has 2 rings (SSSR count). The van der Waals surface area contributed by atoms with Gasteiger partial charge in [-0.2, -0.15) is 0 Å². The Morgan fingerprint density at radius 3 is 2.83 bits per heavy atom. The van der Waals surface area contributed by atoms with E-state index in [2.05, 4.69) is 0 Å². The first-order valence-corrected chi connectivity index (χ1v) is 5.56. The van der Waals surface area contributed by atoms with Gasteiger partial charge in [0.15, 0.2) is 11.3 Å². The summed E-state index contributed by atoms with van der Waals surface area (Å²) in [5.41, 5.74) is 7.01. The molecule has 2 aromatic rings. The highest BCUT2D eigenvalue weighted by molar-refractivity contribution is 5.85. The maximum absolute atomic E-state index is 10.8. The van der Waals surface area contributed by atoms with Gasteiger partial charge in [0.2, 0.25) is 0 Å². The van der Waals surface area contributed by atoms with E-state index in [-0.39, 0.29) is 6.42 Å². The number of aliphatic carboxylic acids is 1. The van der Waals surface area contributed by atoms with Gasteiger partial charge in [-0.25, -0.2) is 0 Å². The van der Waals surface area contributed by atoms with Crippen LogP contribution < -0.4 is 10.5 Å². The molecule has 3 N–H and O–H groups in total. The predicted molar refractivity (Wildman–Crippen MR) is 66.8 cm³/mol. The molecule has 0 aliphatic rings. The van der Waals surface area contributed by atoms with Crippen LogP contribution in [-0.4, -0.2) is 24.2 Å². The third kappa shape index (κ3) is 2.31. The van der Waals surface area contributed by atoms with Gasteiger partial charge in [-0.15, -0.1) is 0 Å². The smallest absolute Gasteiger partial charge is 0.320 e. The second kappa shape index (κ2) is 4.70. The second-order valence-corrected chi connectivity index (χ2v) is 4.22. The van der Waals surface area contributed by atoms with Crippen molar-refractivity contribution < 1.29 is 19.1 Å². The second-order valence-electron chi connectivity index (χ2n) is 4.22. The Morgan fingerprint density at radius 1 is 1.50 bits per heavy atom. The summed E-state index contributed by atoms with van der Waals surface area (Å²) in [7, 11) is 1.55. The summed E-state index contributed by atoms with van der Waals surface area (Å²) >= 11 is 0. The van der Waals surface area contributed by atoms with Crippen LogP contribution in [0.3, 0.4) is 0 Å². The molecular formula is C13H15NO4. The molecule has 1 heterocycles. The van der Waals surface area contributed by atoms with E-state index in [1.54, 1.807) is 13.2 Å². The molecule has 1 aromatic heterocycles. The largest absolute Gasteiger partial charge is 0.493 e. The topological polar surface area (TPSA) is 85.7 Å². The lowest BCUT2D eigenvalue weighted by Gasteiger charge is -2.08. The first kappa shape index (κ1) is 12.4. The minimum atomic E-state index is -1.02. The molecule has 18 heavy (non-hydrogen) atoms. The van der Waals surface area contributed by atoms with Crippen LogP contribution in [0.1, 0.15) is 11.3 Å². The Kier molecular flexibility index (Phi) is 3.25. The fourth-order valence-corrected chi connectivity index (χ4v) is 1.92. The van der Waals surface area contributed by atoms with Gasteiger partial charge in [0, 0.05) is 5.39 Å². The van der Waals surface area contributed by atoms with Gasteiger partial charge in [0.25, 0.3) is 0 Å².